The summed E-state index contributed by atoms with van der Waals surface area (Å²) in [6, 6.07) is 0. The molecule has 1 aliphatic heterocycles. The van der Waals surface area contributed by atoms with E-state index >= 15 is 0 Å². The highest BCUT2D eigenvalue weighted by Gasteiger charge is 2.22. The van der Waals surface area contributed by atoms with E-state index < -0.39 is 0 Å². The topological polar surface area (TPSA) is 29.5 Å². The van der Waals surface area contributed by atoms with Crippen molar-refractivity contribution >= 4 is 22.6 Å². The third-order valence-corrected chi connectivity index (χ3v) is 3.43. The Morgan fingerprint density at radius 1 is 1.64 bits per heavy atom. The van der Waals surface area contributed by atoms with Crippen molar-refractivity contribution in [1.29, 1.82) is 0 Å². The van der Waals surface area contributed by atoms with Gasteiger partial charge in [0.15, 0.2) is 0 Å². The van der Waals surface area contributed by atoms with Gasteiger partial charge >= 0.3 is 0 Å². The second kappa shape index (κ2) is 5.32. The van der Waals surface area contributed by atoms with Crippen molar-refractivity contribution in [2.45, 2.75) is 35.7 Å². The summed E-state index contributed by atoms with van der Waals surface area (Å²) in [5.74, 6) is 0. The van der Waals surface area contributed by atoms with E-state index in [2.05, 4.69) is 22.6 Å². The molecule has 0 aliphatic carbocycles. The molecule has 1 N–H and O–H groups in total. The minimum absolute atomic E-state index is 0.312. The van der Waals surface area contributed by atoms with Gasteiger partial charge in [0.1, 0.15) is 0 Å². The molecule has 1 rings (SSSR count). The maximum Gasteiger partial charge on any atom is 0.0693 e. The number of rotatable bonds is 4. The van der Waals surface area contributed by atoms with Crippen LogP contribution in [-0.4, -0.2) is 28.3 Å². The van der Waals surface area contributed by atoms with E-state index in [4.69, 9.17) is 9.84 Å². The molecule has 1 heterocycles. The first kappa shape index (κ1) is 9.74. The van der Waals surface area contributed by atoms with Gasteiger partial charge in [-0.3, -0.25) is 0 Å². The van der Waals surface area contributed by atoms with Gasteiger partial charge in [-0.05, 0) is 25.7 Å². The van der Waals surface area contributed by atoms with Gasteiger partial charge in [-0.25, -0.2) is 0 Å². The van der Waals surface area contributed by atoms with Crippen LogP contribution in [-0.2, 0) is 4.74 Å². The summed E-state index contributed by atoms with van der Waals surface area (Å²) < 4.78 is 6.12. The van der Waals surface area contributed by atoms with Crippen molar-refractivity contribution in [3.63, 3.8) is 0 Å². The fraction of sp³-hybridized carbons (Fsp3) is 1.00. The van der Waals surface area contributed by atoms with Crippen molar-refractivity contribution in [2.24, 2.45) is 0 Å². The van der Waals surface area contributed by atoms with Crippen LogP contribution in [0.4, 0.5) is 0 Å². The number of hydrogen-bond acceptors (Lipinski definition) is 2. The zero-order valence-corrected chi connectivity index (χ0v) is 8.79. The summed E-state index contributed by atoms with van der Waals surface area (Å²) in [6.45, 7) is 1.25. The summed E-state index contributed by atoms with van der Waals surface area (Å²) in [4.78, 5) is 0. The maximum atomic E-state index is 8.61. The predicted molar refractivity (Wildman–Crippen MR) is 53.1 cm³/mol. The van der Waals surface area contributed by atoms with Gasteiger partial charge in [0.2, 0.25) is 0 Å². The fourth-order valence-corrected chi connectivity index (χ4v) is 2.37. The Bertz CT molecular complexity index is 102. The number of hydrogen-bond donors (Lipinski definition) is 1. The molecule has 0 saturated carbocycles. The van der Waals surface area contributed by atoms with Crippen molar-refractivity contribution in [3.05, 3.63) is 0 Å². The van der Waals surface area contributed by atoms with Crippen molar-refractivity contribution in [1.82, 2.24) is 0 Å². The summed E-state index contributed by atoms with van der Waals surface area (Å²) >= 11 is 2.43. The van der Waals surface area contributed by atoms with E-state index in [9.17, 15) is 0 Å². The van der Waals surface area contributed by atoms with Crippen LogP contribution in [0.5, 0.6) is 0 Å². The second-order valence-corrected chi connectivity index (χ2v) is 4.53. The van der Waals surface area contributed by atoms with Gasteiger partial charge in [0.05, 0.1) is 6.10 Å². The molecule has 11 heavy (non-hydrogen) atoms. The maximum absolute atomic E-state index is 8.61. The monoisotopic (exact) mass is 270 g/mol. The van der Waals surface area contributed by atoms with Gasteiger partial charge in [-0.1, -0.05) is 22.6 Å². The first-order valence-electron chi connectivity index (χ1n) is 4.21. The van der Waals surface area contributed by atoms with Crippen LogP contribution in [0.1, 0.15) is 25.7 Å². The SMILES string of the molecule is OCCC[C@H](I)[C@H]1CCCO1. The molecule has 0 amide bonds. The van der Waals surface area contributed by atoms with Gasteiger partial charge in [0, 0.05) is 17.1 Å². The normalized spacial score (nSPS) is 27.3. The average Bonchev–Trinajstić information content (AvgIpc) is 2.52. The molecule has 0 aromatic carbocycles. The largest absolute Gasteiger partial charge is 0.396 e. The molecule has 1 fully saturated rings. The van der Waals surface area contributed by atoms with Crippen LogP contribution in [0.2, 0.25) is 0 Å². The molecule has 1 saturated heterocycles. The van der Waals surface area contributed by atoms with Crippen LogP contribution in [0.15, 0.2) is 0 Å². The van der Waals surface area contributed by atoms with E-state index in [1.54, 1.807) is 0 Å². The molecular formula is C8H15IO2. The Labute approximate surface area is 81.5 Å². The van der Waals surface area contributed by atoms with E-state index in [0.717, 1.165) is 19.4 Å². The highest BCUT2D eigenvalue weighted by atomic mass is 127. The average molecular weight is 270 g/mol. The summed E-state index contributed by atoms with van der Waals surface area (Å²) in [6.07, 6.45) is 4.87. The third kappa shape index (κ3) is 3.25. The van der Waals surface area contributed by atoms with E-state index in [1.807, 2.05) is 0 Å². The Kier molecular flexibility index (Phi) is 4.71. The smallest absolute Gasteiger partial charge is 0.0693 e. The highest BCUT2D eigenvalue weighted by Crippen LogP contribution is 2.24. The first-order valence-corrected chi connectivity index (χ1v) is 5.45. The molecule has 0 aromatic heterocycles. The highest BCUT2D eigenvalue weighted by molar-refractivity contribution is 14.1. The lowest BCUT2D eigenvalue weighted by atomic mass is 10.1. The fourth-order valence-electron chi connectivity index (χ4n) is 1.36. The molecule has 0 aromatic rings. The van der Waals surface area contributed by atoms with Crippen LogP contribution in [0, 0.1) is 0 Å². The van der Waals surface area contributed by atoms with Crippen LogP contribution in [0.25, 0.3) is 0 Å². The summed E-state index contributed by atoms with van der Waals surface area (Å²) in [7, 11) is 0. The summed E-state index contributed by atoms with van der Waals surface area (Å²) in [5, 5.41) is 8.61. The van der Waals surface area contributed by atoms with Gasteiger partial charge in [-0.2, -0.15) is 0 Å². The number of aliphatic hydroxyl groups is 1. The Morgan fingerprint density at radius 3 is 3.00 bits per heavy atom. The van der Waals surface area contributed by atoms with E-state index in [-0.39, 0.29) is 0 Å². The zero-order valence-electron chi connectivity index (χ0n) is 6.63. The van der Waals surface area contributed by atoms with E-state index in [1.165, 1.54) is 12.8 Å². The molecule has 1 aliphatic rings. The number of alkyl halides is 1. The lowest BCUT2D eigenvalue weighted by Gasteiger charge is -2.15. The molecule has 3 heteroatoms. The second-order valence-electron chi connectivity index (χ2n) is 2.93. The lowest BCUT2D eigenvalue weighted by Crippen LogP contribution is -2.19. The Morgan fingerprint density at radius 2 is 2.45 bits per heavy atom. The van der Waals surface area contributed by atoms with Gasteiger partial charge in [-0.15, -0.1) is 0 Å². The van der Waals surface area contributed by atoms with Crippen LogP contribution < -0.4 is 0 Å². The zero-order chi connectivity index (χ0) is 8.10. The molecule has 0 unspecified atom stereocenters. The third-order valence-electron chi connectivity index (χ3n) is 2.01. The van der Waals surface area contributed by atoms with Crippen molar-refractivity contribution in [2.75, 3.05) is 13.2 Å². The quantitative estimate of drug-likeness (QED) is 0.623. The molecule has 0 radical (unpaired) electrons. The van der Waals surface area contributed by atoms with E-state index in [0.29, 0.717) is 16.6 Å². The molecule has 2 nitrogen and oxygen atoms in total. The Hall–Kier alpha value is 0.650. The molecule has 0 bridgehead atoms. The predicted octanol–water partition coefficient (Wildman–Crippen LogP) is 1.74. The Balaban J connectivity index is 2.12. The minimum Gasteiger partial charge on any atom is -0.396 e. The van der Waals surface area contributed by atoms with Crippen molar-refractivity contribution in [3.8, 4) is 0 Å². The first-order chi connectivity index (χ1) is 5.34. The molecule has 2 atom stereocenters. The van der Waals surface area contributed by atoms with Gasteiger partial charge in [0.25, 0.3) is 0 Å². The lowest BCUT2D eigenvalue weighted by molar-refractivity contribution is 0.109. The van der Waals surface area contributed by atoms with Crippen LogP contribution >= 0.6 is 22.6 Å². The van der Waals surface area contributed by atoms with Crippen LogP contribution in [0.3, 0.4) is 0 Å². The number of ether oxygens (including phenoxy) is 1. The molecule has 0 spiro atoms. The minimum atomic E-state index is 0.312. The number of aliphatic hydroxyl groups excluding tert-OH is 1. The molecule has 66 valence electrons. The molecular weight excluding hydrogens is 255 g/mol. The van der Waals surface area contributed by atoms with Gasteiger partial charge < -0.3 is 9.84 Å². The number of halogens is 1. The summed E-state index contributed by atoms with van der Waals surface area (Å²) in [5.41, 5.74) is 0. The standard InChI is InChI=1S/C8H15IO2/c9-7(3-1-5-10)8-4-2-6-11-8/h7-8,10H,1-6H2/t7-,8+/m0/s1. The van der Waals surface area contributed by atoms with Crippen molar-refractivity contribution < 1.29 is 9.84 Å².